The van der Waals surface area contributed by atoms with Crippen LogP contribution in [0.2, 0.25) is 0 Å². The van der Waals surface area contributed by atoms with Gasteiger partial charge in [0.15, 0.2) is 5.78 Å². The number of hydrogen-bond donors (Lipinski definition) is 0. The second-order valence-electron chi connectivity index (χ2n) is 4.59. The monoisotopic (exact) mass is 254 g/mol. The van der Waals surface area contributed by atoms with Crippen molar-refractivity contribution < 1.29 is 9.53 Å². The highest BCUT2D eigenvalue weighted by atomic mass is 16.5. The first-order valence-electron chi connectivity index (χ1n) is 6.46. The van der Waals surface area contributed by atoms with E-state index >= 15 is 0 Å². The molecule has 0 radical (unpaired) electrons. The maximum atomic E-state index is 11.6. The average molecular weight is 254 g/mol. The Morgan fingerprint density at radius 2 is 1.79 bits per heavy atom. The summed E-state index contributed by atoms with van der Waals surface area (Å²) in [7, 11) is 0. The topological polar surface area (TPSA) is 26.3 Å². The van der Waals surface area contributed by atoms with E-state index in [-0.39, 0.29) is 5.78 Å². The van der Waals surface area contributed by atoms with Gasteiger partial charge in [-0.3, -0.25) is 4.79 Å². The van der Waals surface area contributed by atoms with Crippen molar-refractivity contribution >= 4 is 5.78 Å². The minimum Gasteiger partial charge on any atom is -0.492 e. The van der Waals surface area contributed by atoms with Crippen molar-refractivity contribution in [3.8, 4) is 5.75 Å². The Morgan fingerprint density at radius 1 is 1.05 bits per heavy atom. The molecule has 0 aromatic heterocycles. The van der Waals surface area contributed by atoms with Gasteiger partial charge in [0, 0.05) is 6.42 Å². The van der Waals surface area contributed by atoms with Gasteiger partial charge in [-0.05, 0) is 31.0 Å². The molecule has 0 bridgehead atoms. The van der Waals surface area contributed by atoms with Gasteiger partial charge < -0.3 is 4.74 Å². The molecule has 0 aliphatic heterocycles. The van der Waals surface area contributed by atoms with Crippen LogP contribution in [0.15, 0.2) is 48.5 Å². The van der Waals surface area contributed by atoms with Gasteiger partial charge in [-0.25, -0.2) is 0 Å². The molecule has 0 saturated heterocycles. The van der Waals surface area contributed by atoms with Crippen molar-refractivity contribution in [2.75, 3.05) is 6.61 Å². The van der Waals surface area contributed by atoms with E-state index in [0.29, 0.717) is 17.9 Å². The van der Waals surface area contributed by atoms with Gasteiger partial charge in [-0.15, -0.1) is 0 Å². The van der Waals surface area contributed by atoms with Gasteiger partial charge in [-0.1, -0.05) is 42.5 Å². The zero-order chi connectivity index (χ0) is 13.7. The molecule has 2 aromatic rings. The molecular weight excluding hydrogens is 236 g/mol. The van der Waals surface area contributed by atoms with Gasteiger partial charge in [0.05, 0.1) is 12.2 Å². The number of benzene rings is 2. The SMILES string of the molecule is CC(=O)c1cccc(C)c1OCCc1ccccc1. The van der Waals surface area contributed by atoms with Crippen LogP contribution in [0.25, 0.3) is 0 Å². The summed E-state index contributed by atoms with van der Waals surface area (Å²) in [6.45, 7) is 4.11. The van der Waals surface area contributed by atoms with E-state index in [2.05, 4.69) is 12.1 Å². The van der Waals surface area contributed by atoms with Gasteiger partial charge in [0.2, 0.25) is 0 Å². The number of Topliss-reactive ketones (excluding diaryl/α,β-unsaturated/α-hetero) is 1. The highest BCUT2D eigenvalue weighted by molar-refractivity contribution is 5.97. The van der Waals surface area contributed by atoms with E-state index in [9.17, 15) is 4.79 Å². The van der Waals surface area contributed by atoms with Crippen LogP contribution in [-0.2, 0) is 6.42 Å². The Bertz CT molecular complexity index is 559. The van der Waals surface area contributed by atoms with Crippen LogP contribution in [-0.4, -0.2) is 12.4 Å². The molecular formula is C17H18O2. The highest BCUT2D eigenvalue weighted by Crippen LogP contribution is 2.24. The lowest BCUT2D eigenvalue weighted by atomic mass is 10.1. The third-order valence-corrected chi connectivity index (χ3v) is 3.07. The summed E-state index contributed by atoms with van der Waals surface area (Å²) in [5, 5.41) is 0. The molecule has 2 aromatic carbocycles. The molecule has 0 atom stereocenters. The van der Waals surface area contributed by atoms with Crippen molar-refractivity contribution in [3.63, 3.8) is 0 Å². The molecule has 19 heavy (non-hydrogen) atoms. The fourth-order valence-corrected chi connectivity index (χ4v) is 2.04. The Hall–Kier alpha value is -2.09. The molecule has 0 aliphatic carbocycles. The molecule has 0 heterocycles. The lowest BCUT2D eigenvalue weighted by Gasteiger charge is -2.12. The van der Waals surface area contributed by atoms with Crippen molar-refractivity contribution in [3.05, 3.63) is 65.2 Å². The standard InChI is InChI=1S/C17H18O2/c1-13-7-6-10-16(14(2)18)17(13)19-12-11-15-8-4-3-5-9-15/h3-10H,11-12H2,1-2H3. The molecule has 0 fully saturated rings. The minimum absolute atomic E-state index is 0.0402. The van der Waals surface area contributed by atoms with Crippen LogP contribution >= 0.6 is 0 Å². The normalized spacial score (nSPS) is 10.2. The number of carbonyl (C=O) groups excluding carboxylic acids is 1. The molecule has 0 unspecified atom stereocenters. The molecule has 2 rings (SSSR count). The maximum Gasteiger partial charge on any atom is 0.163 e. The highest BCUT2D eigenvalue weighted by Gasteiger charge is 2.10. The number of rotatable bonds is 5. The summed E-state index contributed by atoms with van der Waals surface area (Å²) < 4.78 is 5.81. The third kappa shape index (κ3) is 3.44. The maximum absolute atomic E-state index is 11.6. The first-order valence-corrected chi connectivity index (χ1v) is 6.46. The van der Waals surface area contributed by atoms with Crippen LogP contribution in [0.3, 0.4) is 0 Å². The molecule has 0 spiro atoms. The van der Waals surface area contributed by atoms with Crippen molar-refractivity contribution in [1.82, 2.24) is 0 Å². The Kier molecular flexibility index (Phi) is 4.35. The average Bonchev–Trinajstić information content (AvgIpc) is 2.41. The largest absolute Gasteiger partial charge is 0.492 e. The zero-order valence-electron chi connectivity index (χ0n) is 11.3. The van der Waals surface area contributed by atoms with Gasteiger partial charge in [0.25, 0.3) is 0 Å². The van der Waals surface area contributed by atoms with Crippen LogP contribution in [0.5, 0.6) is 5.75 Å². The van der Waals surface area contributed by atoms with Crippen molar-refractivity contribution in [2.45, 2.75) is 20.3 Å². The first kappa shape index (κ1) is 13.3. The smallest absolute Gasteiger partial charge is 0.163 e. The lowest BCUT2D eigenvalue weighted by Crippen LogP contribution is -2.06. The fourth-order valence-electron chi connectivity index (χ4n) is 2.04. The number of para-hydroxylation sites is 1. The van der Waals surface area contributed by atoms with Crippen LogP contribution in [0.4, 0.5) is 0 Å². The molecule has 0 N–H and O–H groups in total. The summed E-state index contributed by atoms with van der Waals surface area (Å²) in [5.41, 5.74) is 2.90. The Labute approximate surface area is 114 Å². The van der Waals surface area contributed by atoms with E-state index in [1.54, 1.807) is 6.92 Å². The molecule has 98 valence electrons. The van der Waals surface area contributed by atoms with E-state index in [1.165, 1.54) is 5.56 Å². The summed E-state index contributed by atoms with van der Waals surface area (Å²) >= 11 is 0. The summed E-state index contributed by atoms with van der Waals surface area (Å²) in [4.78, 5) is 11.6. The lowest BCUT2D eigenvalue weighted by molar-refractivity contribution is 0.101. The number of ketones is 1. The number of carbonyl (C=O) groups is 1. The van der Waals surface area contributed by atoms with E-state index in [0.717, 1.165) is 12.0 Å². The predicted octanol–water partition coefficient (Wildman–Crippen LogP) is 3.82. The number of hydrogen-bond acceptors (Lipinski definition) is 2. The zero-order valence-corrected chi connectivity index (χ0v) is 11.3. The summed E-state index contributed by atoms with van der Waals surface area (Å²) in [5.74, 6) is 0.754. The van der Waals surface area contributed by atoms with Crippen LogP contribution < -0.4 is 4.74 Å². The molecule has 0 amide bonds. The van der Waals surface area contributed by atoms with Crippen LogP contribution in [0.1, 0.15) is 28.4 Å². The van der Waals surface area contributed by atoms with Crippen molar-refractivity contribution in [1.29, 1.82) is 0 Å². The summed E-state index contributed by atoms with van der Waals surface area (Å²) in [6, 6.07) is 15.8. The predicted molar refractivity (Wildman–Crippen MR) is 76.8 cm³/mol. The van der Waals surface area contributed by atoms with E-state index < -0.39 is 0 Å². The Morgan fingerprint density at radius 3 is 2.47 bits per heavy atom. The third-order valence-electron chi connectivity index (χ3n) is 3.07. The van der Waals surface area contributed by atoms with Gasteiger partial charge in [0.1, 0.15) is 5.75 Å². The van der Waals surface area contributed by atoms with Crippen molar-refractivity contribution in [2.24, 2.45) is 0 Å². The molecule has 0 saturated carbocycles. The minimum atomic E-state index is 0.0402. The quantitative estimate of drug-likeness (QED) is 0.758. The first-order chi connectivity index (χ1) is 9.18. The second-order valence-corrected chi connectivity index (χ2v) is 4.59. The molecule has 2 heteroatoms. The van der Waals surface area contributed by atoms with Crippen LogP contribution in [0, 0.1) is 6.92 Å². The number of ether oxygens (including phenoxy) is 1. The second kappa shape index (κ2) is 6.19. The Balaban J connectivity index is 2.05. The van der Waals surface area contributed by atoms with Gasteiger partial charge in [-0.2, -0.15) is 0 Å². The number of aryl methyl sites for hydroxylation is 1. The van der Waals surface area contributed by atoms with Gasteiger partial charge >= 0.3 is 0 Å². The fraction of sp³-hybridized carbons (Fsp3) is 0.235. The molecule has 0 aliphatic rings. The molecule has 2 nitrogen and oxygen atoms in total. The van der Waals surface area contributed by atoms with E-state index in [4.69, 9.17) is 4.74 Å². The summed E-state index contributed by atoms with van der Waals surface area (Å²) in [6.07, 6.45) is 0.840. The van der Waals surface area contributed by atoms with E-state index in [1.807, 2.05) is 43.3 Å².